The summed E-state index contributed by atoms with van der Waals surface area (Å²) in [6.45, 7) is 1.35. The lowest BCUT2D eigenvalue weighted by atomic mass is 10.0. The van der Waals surface area contributed by atoms with Crippen molar-refractivity contribution in [3.63, 3.8) is 0 Å². The zero-order valence-electron chi connectivity index (χ0n) is 14.0. The summed E-state index contributed by atoms with van der Waals surface area (Å²) < 4.78 is 0. The number of fused-ring (bicyclic) bond motifs is 1. The topological polar surface area (TPSA) is 103 Å². The molecule has 0 saturated carbocycles. The molecule has 26 heavy (non-hydrogen) atoms. The summed E-state index contributed by atoms with van der Waals surface area (Å²) in [5.74, 6) is -1.22. The van der Waals surface area contributed by atoms with Crippen LogP contribution in [-0.4, -0.2) is 28.7 Å². The Morgan fingerprint density at radius 3 is 2.65 bits per heavy atom. The van der Waals surface area contributed by atoms with Crippen molar-refractivity contribution in [2.24, 2.45) is 0 Å². The molecule has 0 spiro atoms. The molecule has 0 aliphatic carbocycles. The fraction of sp³-hybridized carbons (Fsp3) is 0.167. The Kier molecular flexibility index (Phi) is 5.33. The molecule has 3 aromatic rings. The molecule has 3 amide bonds. The van der Waals surface area contributed by atoms with Crippen LogP contribution in [0.25, 0.3) is 10.9 Å². The van der Waals surface area contributed by atoms with Gasteiger partial charge in [-0.15, -0.1) is 11.3 Å². The van der Waals surface area contributed by atoms with Gasteiger partial charge in [0.25, 0.3) is 11.8 Å². The third-order valence-corrected chi connectivity index (χ3v) is 4.71. The molecule has 0 radical (unpaired) electrons. The Morgan fingerprint density at radius 1 is 1.12 bits per heavy atom. The minimum Gasteiger partial charge on any atom is -0.361 e. The summed E-state index contributed by atoms with van der Waals surface area (Å²) in [7, 11) is 0. The molecule has 0 saturated heterocycles. The van der Waals surface area contributed by atoms with Gasteiger partial charge in [0.1, 0.15) is 6.04 Å². The molecular formula is C18H18N4O3S. The van der Waals surface area contributed by atoms with Crippen molar-refractivity contribution in [2.45, 2.75) is 19.4 Å². The number of hydrogen-bond donors (Lipinski definition) is 4. The van der Waals surface area contributed by atoms with Gasteiger partial charge in [0.05, 0.1) is 4.88 Å². The van der Waals surface area contributed by atoms with E-state index in [-0.39, 0.29) is 5.91 Å². The first kappa shape index (κ1) is 17.7. The highest BCUT2D eigenvalue weighted by Gasteiger charge is 2.22. The van der Waals surface area contributed by atoms with E-state index in [0.717, 1.165) is 16.5 Å². The largest absolute Gasteiger partial charge is 0.361 e. The Labute approximate surface area is 153 Å². The molecule has 1 atom stereocenters. The molecule has 0 aliphatic rings. The maximum absolute atomic E-state index is 12.5. The van der Waals surface area contributed by atoms with Crippen LogP contribution < -0.4 is 16.2 Å². The molecule has 0 unspecified atom stereocenters. The van der Waals surface area contributed by atoms with Crippen LogP contribution >= 0.6 is 11.3 Å². The molecule has 2 heterocycles. The third-order valence-electron chi connectivity index (χ3n) is 3.84. The van der Waals surface area contributed by atoms with Gasteiger partial charge in [-0.2, -0.15) is 0 Å². The van der Waals surface area contributed by atoms with Crippen LogP contribution in [0.2, 0.25) is 0 Å². The van der Waals surface area contributed by atoms with E-state index >= 15 is 0 Å². The second-order valence-electron chi connectivity index (χ2n) is 5.74. The number of benzene rings is 1. The zero-order valence-corrected chi connectivity index (χ0v) is 14.9. The standard InChI is InChI=1S/C18H18N4O3S/c1-11(23)20-15(9-12-10-19-14-6-3-2-5-13(12)14)17(24)21-22-18(25)16-7-4-8-26-16/h2-8,10,15,19H,9H2,1H3,(H,20,23)(H,21,24)(H,22,25)/t15-/m0/s1. The summed E-state index contributed by atoms with van der Waals surface area (Å²) in [4.78, 5) is 39.5. The van der Waals surface area contributed by atoms with Crippen LogP contribution in [0.4, 0.5) is 0 Å². The van der Waals surface area contributed by atoms with Crippen molar-refractivity contribution in [1.29, 1.82) is 0 Å². The minimum atomic E-state index is -0.810. The van der Waals surface area contributed by atoms with Gasteiger partial charge in [-0.05, 0) is 23.1 Å². The fourth-order valence-corrected chi connectivity index (χ4v) is 3.27. The third kappa shape index (κ3) is 4.09. The first-order chi connectivity index (χ1) is 12.5. The van der Waals surface area contributed by atoms with E-state index in [2.05, 4.69) is 21.2 Å². The smallest absolute Gasteiger partial charge is 0.279 e. The number of aromatic nitrogens is 1. The SMILES string of the molecule is CC(=O)N[C@@H](Cc1c[nH]c2ccccc12)C(=O)NNC(=O)c1cccs1. The van der Waals surface area contributed by atoms with Crippen LogP contribution in [0.3, 0.4) is 0 Å². The average molecular weight is 370 g/mol. The van der Waals surface area contributed by atoms with Crippen molar-refractivity contribution in [2.75, 3.05) is 0 Å². The number of carbonyl (C=O) groups is 3. The van der Waals surface area contributed by atoms with Gasteiger partial charge >= 0.3 is 0 Å². The molecule has 3 rings (SSSR count). The average Bonchev–Trinajstić information content (AvgIpc) is 3.29. The fourth-order valence-electron chi connectivity index (χ4n) is 2.65. The predicted octanol–water partition coefficient (Wildman–Crippen LogP) is 1.74. The molecule has 4 N–H and O–H groups in total. The van der Waals surface area contributed by atoms with Gasteiger partial charge in [-0.1, -0.05) is 24.3 Å². The number of hydrogen-bond acceptors (Lipinski definition) is 4. The Bertz CT molecular complexity index is 933. The highest BCUT2D eigenvalue weighted by molar-refractivity contribution is 7.12. The predicted molar refractivity (Wildman–Crippen MR) is 99.5 cm³/mol. The number of aromatic amines is 1. The molecule has 8 heteroatoms. The lowest BCUT2D eigenvalue weighted by Gasteiger charge is -2.17. The van der Waals surface area contributed by atoms with Crippen molar-refractivity contribution in [3.8, 4) is 0 Å². The molecule has 134 valence electrons. The highest BCUT2D eigenvalue weighted by Crippen LogP contribution is 2.19. The number of rotatable bonds is 5. The summed E-state index contributed by atoms with van der Waals surface area (Å²) in [5, 5.41) is 5.38. The Morgan fingerprint density at radius 2 is 1.92 bits per heavy atom. The van der Waals surface area contributed by atoms with Crippen molar-refractivity contribution >= 4 is 40.0 Å². The van der Waals surface area contributed by atoms with Crippen LogP contribution in [0.5, 0.6) is 0 Å². The Hall–Kier alpha value is -3.13. The summed E-state index contributed by atoms with van der Waals surface area (Å²) >= 11 is 1.27. The van der Waals surface area contributed by atoms with Crippen molar-refractivity contribution in [1.82, 2.24) is 21.2 Å². The van der Waals surface area contributed by atoms with Crippen LogP contribution in [0.1, 0.15) is 22.2 Å². The lowest BCUT2D eigenvalue weighted by molar-refractivity contribution is -0.128. The summed E-state index contributed by atoms with van der Waals surface area (Å²) in [5.41, 5.74) is 6.60. The van der Waals surface area contributed by atoms with Gasteiger partial charge < -0.3 is 10.3 Å². The van der Waals surface area contributed by atoms with Crippen LogP contribution in [0, 0.1) is 0 Å². The van der Waals surface area contributed by atoms with Gasteiger partial charge in [0, 0.05) is 30.4 Å². The highest BCUT2D eigenvalue weighted by atomic mass is 32.1. The number of hydrazine groups is 1. The molecule has 0 fully saturated rings. The number of amides is 3. The normalized spacial score (nSPS) is 11.7. The van der Waals surface area contributed by atoms with Crippen LogP contribution in [-0.2, 0) is 16.0 Å². The van der Waals surface area contributed by atoms with Gasteiger partial charge in [-0.25, -0.2) is 0 Å². The monoisotopic (exact) mass is 370 g/mol. The van der Waals surface area contributed by atoms with E-state index in [1.165, 1.54) is 18.3 Å². The molecular weight excluding hydrogens is 352 g/mol. The van der Waals surface area contributed by atoms with E-state index in [1.54, 1.807) is 17.5 Å². The van der Waals surface area contributed by atoms with Gasteiger partial charge in [0.2, 0.25) is 5.91 Å². The quantitative estimate of drug-likeness (QED) is 0.514. The summed E-state index contributed by atoms with van der Waals surface area (Å²) in [6.07, 6.45) is 2.11. The van der Waals surface area contributed by atoms with Crippen molar-refractivity contribution < 1.29 is 14.4 Å². The van der Waals surface area contributed by atoms with E-state index in [1.807, 2.05) is 30.5 Å². The molecule has 7 nitrogen and oxygen atoms in total. The molecule has 2 aromatic heterocycles. The van der Waals surface area contributed by atoms with E-state index < -0.39 is 17.9 Å². The number of para-hydroxylation sites is 1. The van der Waals surface area contributed by atoms with Crippen molar-refractivity contribution in [3.05, 3.63) is 58.4 Å². The van der Waals surface area contributed by atoms with Gasteiger partial charge in [0.15, 0.2) is 0 Å². The maximum Gasteiger partial charge on any atom is 0.279 e. The lowest BCUT2D eigenvalue weighted by Crippen LogP contribution is -2.52. The zero-order chi connectivity index (χ0) is 18.5. The van der Waals surface area contributed by atoms with E-state index in [4.69, 9.17) is 0 Å². The number of H-pyrrole nitrogens is 1. The first-order valence-electron chi connectivity index (χ1n) is 8.00. The number of nitrogens with one attached hydrogen (secondary N) is 4. The number of thiophene rings is 1. The first-order valence-corrected chi connectivity index (χ1v) is 8.88. The van der Waals surface area contributed by atoms with Crippen LogP contribution in [0.15, 0.2) is 48.0 Å². The summed E-state index contributed by atoms with van der Waals surface area (Å²) in [6, 6.07) is 10.3. The Balaban J connectivity index is 1.69. The number of carbonyl (C=O) groups excluding carboxylic acids is 3. The second kappa shape index (κ2) is 7.83. The minimum absolute atomic E-state index is 0.296. The molecule has 0 bridgehead atoms. The van der Waals surface area contributed by atoms with E-state index in [9.17, 15) is 14.4 Å². The van der Waals surface area contributed by atoms with E-state index in [0.29, 0.717) is 11.3 Å². The maximum atomic E-state index is 12.5. The second-order valence-corrected chi connectivity index (χ2v) is 6.69. The van der Waals surface area contributed by atoms with Gasteiger partial charge in [-0.3, -0.25) is 25.2 Å². The molecule has 0 aliphatic heterocycles. The molecule has 1 aromatic carbocycles.